The minimum absolute atomic E-state index is 0.595. The maximum atomic E-state index is 5.11. The summed E-state index contributed by atoms with van der Waals surface area (Å²) in [6.07, 6.45) is 1.79. The van der Waals surface area contributed by atoms with Crippen LogP contribution >= 0.6 is 0 Å². The second-order valence-corrected chi connectivity index (χ2v) is 11.2. The Morgan fingerprint density at radius 2 is 0.708 bits per heavy atom. The normalized spacial score (nSPS) is 10.9. The van der Waals surface area contributed by atoms with E-state index < -0.39 is 0 Å². The zero-order valence-electron chi connectivity index (χ0n) is 25.8. The Bertz CT molecular complexity index is 2040. The van der Waals surface area contributed by atoms with E-state index >= 15 is 0 Å². The molecule has 0 radical (unpaired) electrons. The third kappa shape index (κ3) is 6.10. The van der Waals surface area contributed by atoms with E-state index in [1.807, 2.05) is 127 Å². The first-order valence-electron chi connectivity index (χ1n) is 15.7. The molecule has 8 rings (SSSR count). The highest BCUT2D eigenvalue weighted by Gasteiger charge is 2.15. The molecule has 0 aliphatic heterocycles. The van der Waals surface area contributed by atoms with Crippen LogP contribution in [0.1, 0.15) is 0 Å². The predicted octanol–water partition coefficient (Wildman–Crippen LogP) is 9.73. The summed E-state index contributed by atoms with van der Waals surface area (Å²) < 4.78 is 0. The quantitative estimate of drug-likeness (QED) is 0.177. The van der Waals surface area contributed by atoms with Gasteiger partial charge in [-0.15, -0.1) is 0 Å². The Balaban J connectivity index is 1.21. The van der Waals surface area contributed by atoms with Gasteiger partial charge in [0.15, 0.2) is 17.5 Å². The molecule has 0 saturated heterocycles. The van der Waals surface area contributed by atoms with Gasteiger partial charge >= 0.3 is 0 Å². The van der Waals surface area contributed by atoms with Gasteiger partial charge in [-0.05, 0) is 53.6 Å². The topological polar surface area (TPSA) is 77.3 Å². The van der Waals surface area contributed by atoms with Gasteiger partial charge in [0.2, 0.25) is 0 Å². The highest BCUT2D eigenvalue weighted by Crippen LogP contribution is 2.31. The largest absolute Gasteiger partial charge is 0.255 e. The predicted molar refractivity (Wildman–Crippen MR) is 191 cm³/mol. The minimum Gasteiger partial charge on any atom is -0.255 e. The van der Waals surface area contributed by atoms with Gasteiger partial charge in [-0.3, -0.25) is 4.98 Å². The first-order valence-corrected chi connectivity index (χ1v) is 15.7. The lowest BCUT2D eigenvalue weighted by atomic mass is 10.0. The fourth-order valence-electron chi connectivity index (χ4n) is 5.60. The molecule has 4 heterocycles. The molecular formula is C42H28N6. The molecule has 6 heteroatoms. The summed E-state index contributed by atoms with van der Waals surface area (Å²) in [6, 6.07) is 54.5. The Labute approximate surface area is 278 Å². The Morgan fingerprint density at radius 3 is 1.33 bits per heavy atom. The maximum absolute atomic E-state index is 5.11. The van der Waals surface area contributed by atoms with E-state index in [1.165, 1.54) is 0 Å². The third-order valence-corrected chi connectivity index (χ3v) is 7.99. The van der Waals surface area contributed by atoms with E-state index in [-0.39, 0.29) is 0 Å². The van der Waals surface area contributed by atoms with Crippen LogP contribution < -0.4 is 0 Å². The van der Waals surface area contributed by atoms with E-state index in [2.05, 4.69) is 41.4 Å². The number of hydrogen-bond donors (Lipinski definition) is 0. The van der Waals surface area contributed by atoms with Gasteiger partial charge in [-0.2, -0.15) is 0 Å². The van der Waals surface area contributed by atoms with E-state index in [0.29, 0.717) is 17.5 Å². The average Bonchev–Trinajstić information content (AvgIpc) is 3.19. The zero-order chi connectivity index (χ0) is 32.1. The maximum Gasteiger partial charge on any atom is 0.164 e. The fraction of sp³-hybridized carbons (Fsp3) is 0. The summed E-state index contributed by atoms with van der Waals surface area (Å²) in [5.41, 5.74) is 9.79. The van der Waals surface area contributed by atoms with Crippen molar-refractivity contribution in [1.29, 1.82) is 0 Å². The SMILES string of the molecule is c1ccc(-c2cc(-c3ccccn3)nc(-c3cccc(-c4cccc(-c5nc(-c6ccccc6)nc(-c6ccccc6)n5)c4)n3)c2)cc1. The molecule has 0 unspecified atom stereocenters. The van der Waals surface area contributed by atoms with Gasteiger partial charge in [0.05, 0.1) is 28.5 Å². The average molecular weight is 617 g/mol. The molecule has 4 aromatic heterocycles. The molecule has 8 aromatic rings. The van der Waals surface area contributed by atoms with Crippen molar-refractivity contribution in [3.05, 3.63) is 170 Å². The van der Waals surface area contributed by atoms with Gasteiger partial charge in [0.1, 0.15) is 0 Å². The molecule has 0 atom stereocenters. The Hall–Kier alpha value is -6.66. The number of benzene rings is 4. The molecule has 0 amide bonds. The van der Waals surface area contributed by atoms with Crippen molar-refractivity contribution in [3.63, 3.8) is 0 Å². The lowest BCUT2D eigenvalue weighted by Gasteiger charge is -2.11. The molecule has 0 fully saturated rings. The summed E-state index contributed by atoms with van der Waals surface area (Å²) in [5, 5.41) is 0. The van der Waals surface area contributed by atoms with Crippen molar-refractivity contribution < 1.29 is 0 Å². The van der Waals surface area contributed by atoms with E-state index in [0.717, 1.165) is 61.9 Å². The monoisotopic (exact) mass is 616 g/mol. The number of nitrogens with zero attached hydrogens (tertiary/aromatic N) is 6. The van der Waals surface area contributed by atoms with Gasteiger partial charge in [-0.25, -0.2) is 24.9 Å². The molecule has 0 aliphatic carbocycles. The van der Waals surface area contributed by atoms with Gasteiger partial charge < -0.3 is 0 Å². The number of aromatic nitrogens is 6. The Kier molecular flexibility index (Phi) is 7.79. The number of rotatable bonds is 7. The van der Waals surface area contributed by atoms with E-state index in [1.54, 1.807) is 6.20 Å². The smallest absolute Gasteiger partial charge is 0.164 e. The van der Waals surface area contributed by atoms with Gasteiger partial charge in [-0.1, -0.05) is 121 Å². The van der Waals surface area contributed by atoms with Crippen LogP contribution in [0.3, 0.4) is 0 Å². The summed E-state index contributed by atoms with van der Waals surface area (Å²) in [7, 11) is 0. The minimum atomic E-state index is 0.595. The Morgan fingerprint density at radius 1 is 0.250 bits per heavy atom. The third-order valence-electron chi connectivity index (χ3n) is 7.99. The van der Waals surface area contributed by atoms with Crippen LogP contribution in [0.2, 0.25) is 0 Å². The van der Waals surface area contributed by atoms with Crippen LogP contribution in [0.25, 0.3) is 79.3 Å². The van der Waals surface area contributed by atoms with Crippen molar-refractivity contribution in [2.75, 3.05) is 0 Å². The van der Waals surface area contributed by atoms with Crippen LogP contribution in [0.5, 0.6) is 0 Å². The van der Waals surface area contributed by atoms with Crippen molar-refractivity contribution >= 4 is 0 Å². The molecule has 0 bridgehead atoms. The van der Waals surface area contributed by atoms with Gasteiger partial charge in [0.25, 0.3) is 0 Å². The highest BCUT2D eigenvalue weighted by molar-refractivity contribution is 5.76. The number of hydrogen-bond acceptors (Lipinski definition) is 6. The summed E-state index contributed by atoms with van der Waals surface area (Å²) in [5.74, 6) is 1.84. The van der Waals surface area contributed by atoms with Crippen LogP contribution in [-0.4, -0.2) is 29.9 Å². The summed E-state index contributed by atoms with van der Waals surface area (Å²) in [6.45, 7) is 0. The molecular weight excluding hydrogens is 589 g/mol. The van der Waals surface area contributed by atoms with Crippen LogP contribution in [0, 0.1) is 0 Å². The lowest BCUT2D eigenvalue weighted by Crippen LogP contribution is -2.00. The molecule has 0 spiro atoms. The van der Waals surface area contributed by atoms with Crippen molar-refractivity contribution in [2.24, 2.45) is 0 Å². The highest BCUT2D eigenvalue weighted by atomic mass is 15.0. The summed E-state index contributed by atoms with van der Waals surface area (Å²) >= 11 is 0. The van der Waals surface area contributed by atoms with Gasteiger partial charge in [0, 0.05) is 28.5 Å². The standard InChI is InChI=1S/C42H28N6/c1-4-14-29(15-5-1)34-27-38(36-22-10-11-25-43-36)45-39(28-34)37-24-13-23-35(44-37)32-20-12-21-33(26-32)42-47-40(30-16-6-2-7-17-30)46-41(48-42)31-18-8-3-9-19-31/h1-28H. The molecule has 48 heavy (non-hydrogen) atoms. The number of pyridine rings is 3. The molecule has 0 N–H and O–H groups in total. The first-order chi connectivity index (χ1) is 23.8. The van der Waals surface area contributed by atoms with E-state index in [4.69, 9.17) is 24.9 Å². The zero-order valence-corrected chi connectivity index (χ0v) is 25.8. The second kappa shape index (κ2) is 13.0. The van der Waals surface area contributed by atoms with Crippen molar-refractivity contribution in [1.82, 2.24) is 29.9 Å². The first kappa shape index (κ1) is 28.8. The fourth-order valence-corrected chi connectivity index (χ4v) is 5.60. The summed E-state index contributed by atoms with van der Waals surface area (Å²) in [4.78, 5) is 29.4. The molecule has 4 aromatic carbocycles. The van der Waals surface area contributed by atoms with Crippen LogP contribution in [-0.2, 0) is 0 Å². The van der Waals surface area contributed by atoms with Crippen molar-refractivity contribution in [2.45, 2.75) is 0 Å². The molecule has 0 aliphatic rings. The lowest BCUT2D eigenvalue weighted by molar-refractivity contribution is 1.07. The second-order valence-electron chi connectivity index (χ2n) is 11.2. The van der Waals surface area contributed by atoms with Crippen LogP contribution in [0.15, 0.2) is 170 Å². The molecule has 6 nitrogen and oxygen atoms in total. The van der Waals surface area contributed by atoms with Crippen LogP contribution in [0.4, 0.5) is 0 Å². The van der Waals surface area contributed by atoms with Crippen molar-refractivity contribution in [3.8, 4) is 79.3 Å². The van der Waals surface area contributed by atoms with E-state index in [9.17, 15) is 0 Å². The molecule has 0 saturated carbocycles. The molecule has 226 valence electrons.